The summed E-state index contributed by atoms with van der Waals surface area (Å²) in [6.45, 7) is 4.90. The number of hydrogen-bond donors (Lipinski definition) is 1. The molecule has 0 bridgehead atoms. The Morgan fingerprint density at radius 1 is 0.893 bits per heavy atom. The van der Waals surface area contributed by atoms with Gasteiger partial charge < -0.3 is 15.1 Å². The van der Waals surface area contributed by atoms with Crippen LogP contribution >= 0.6 is 23.4 Å². The van der Waals surface area contributed by atoms with Gasteiger partial charge in [0, 0.05) is 71.8 Å². The Labute approximate surface area is 338 Å². The third-order valence-corrected chi connectivity index (χ3v) is 12.9. The molecule has 0 unspecified atom stereocenters. The van der Waals surface area contributed by atoms with Crippen molar-refractivity contribution >= 4 is 56.0 Å². The van der Waals surface area contributed by atoms with Gasteiger partial charge >= 0.3 is 0 Å². The molecule has 5 aromatic rings. The lowest BCUT2D eigenvalue weighted by Gasteiger charge is -2.36. The van der Waals surface area contributed by atoms with Crippen molar-refractivity contribution in [3.63, 3.8) is 0 Å². The number of rotatable bonds is 17. The summed E-state index contributed by atoms with van der Waals surface area (Å²) in [5.74, 6) is -0.724. The average Bonchev–Trinajstić information content (AvgIpc) is 3.20. The van der Waals surface area contributed by atoms with Gasteiger partial charge in [-0.15, -0.1) is 11.8 Å². The second-order valence-corrected chi connectivity index (χ2v) is 17.7. The monoisotopic (exact) mass is 811 g/mol. The Balaban J connectivity index is 1.06. The number of hydrogen-bond acceptors (Lipinski definition) is 10. The van der Waals surface area contributed by atoms with Crippen LogP contribution < -0.4 is 10.2 Å². The molecule has 1 fully saturated rings. The molecule has 1 heterocycles. The van der Waals surface area contributed by atoms with E-state index >= 15 is 0 Å². The van der Waals surface area contributed by atoms with Crippen LogP contribution in [0, 0.1) is 10.1 Å². The highest BCUT2D eigenvalue weighted by molar-refractivity contribution is 7.99. The lowest BCUT2D eigenvalue weighted by molar-refractivity contribution is -0.384. The van der Waals surface area contributed by atoms with Gasteiger partial charge in [-0.3, -0.25) is 19.8 Å². The Morgan fingerprint density at radius 2 is 1.57 bits per heavy atom. The highest BCUT2D eigenvalue weighted by Gasteiger charge is 2.26. The smallest absolute Gasteiger partial charge is 0.293 e. The first-order valence-corrected chi connectivity index (χ1v) is 21.5. The Morgan fingerprint density at radius 3 is 2.25 bits per heavy atom. The molecule has 13 heteroatoms. The molecule has 0 spiro atoms. The van der Waals surface area contributed by atoms with E-state index in [0.717, 1.165) is 61.5 Å². The zero-order valence-electron chi connectivity index (χ0n) is 31.5. The van der Waals surface area contributed by atoms with Crippen LogP contribution in [0.25, 0.3) is 11.1 Å². The first kappa shape index (κ1) is 40.9. The molecule has 5 aromatic carbocycles. The molecule has 0 saturated carbocycles. The molecule has 0 aromatic heterocycles. The topological polar surface area (TPSA) is 116 Å². The minimum Gasteiger partial charge on any atom is -0.376 e. The third kappa shape index (κ3) is 11.0. The SMILES string of the molecule is CN(C)CC[C@H](CSc1ccccc1)Nc1ccc(S(=O)(=O)CC(=O)c2ccc(N3CCN(Cc4ccccc4-c4ccc(Cl)cc4)CC3)cc2)cc1[N+](=O)[O-]. The van der Waals surface area contributed by atoms with Crippen LogP contribution in [0.4, 0.5) is 17.1 Å². The number of piperazine rings is 1. The quantitative estimate of drug-likeness (QED) is 0.0425. The van der Waals surface area contributed by atoms with Crippen molar-refractivity contribution in [2.24, 2.45) is 0 Å². The van der Waals surface area contributed by atoms with Crippen LogP contribution in [-0.2, 0) is 16.4 Å². The van der Waals surface area contributed by atoms with Crippen LogP contribution in [0.15, 0.2) is 131 Å². The van der Waals surface area contributed by atoms with Crippen LogP contribution in [0.2, 0.25) is 5.02 Å². The number of ketones is 1. The second kappa shape index (κ2) is 18.9. The molecule has 1 aliphatic rings. The number of thioether (sulfide) groups is 1. The zero-order valence-corrected chi connectivity index (χ0v) is 33.9. The van der Waals surface area contributed by atoms with Gasteiger partial charge in [0.25, 0.3) is 5.69 Å². The number of halogens is 1. The van der Waals surface area contributed by atoms with E-state index in [2.05, 4.69) is 33.3 Å². The van der Waals surface area contributed by atoms with Crippen molar-refractivity contribution in [2.45, 2.75) is 28.8 Å². The van der Waals surface area contributed by atoms with E-state index in [0.29, 0.717) is 17.2 Å². The van der Waals surface area contributed by atoms with E-state index in [-0.39, 0.29) is 27.9 Å². The predicted molar refractivity (Wildman–Crippen MR) is 228 cm³/mol. The van der Waals surface area contributed by atoms with Gasteiger partial charge in [-0.1, -0.05) is 66.2 Å². The number of carbonyl (C=O) groups is 1. The number of anilines is 2. The average molecular weight is 812 g/mol. The number of nitrogens with one attached hydrogen (secondary N) is 1. The molecule has 56 heavy (non-hydrogen) atoms. The summed E-state index contributed by atoms with van der Waals surface area (Å²) in [5.41, 5.74) is 4.67. The summed E-state index contributed by atoms with van der Waals surface area (Å²) in [4.78, 5) is 32.4. The van der Waals surface area contributed by atoms with E-state index in [4.69, 9.17) is 11.6 Å². The molecule has 1 atom stereocenters. The van der Waals surface area contributed by atoms with E-state index in [1.54, 1.807) is 23.9 Å². The molecule has 0 aliphatic carbocycles. The summed E-state index contributed by atoms with van der Waals surface area (Å²) in [7, 11) is -0.245. The van der Waals surface area contributed by atoms with Gasteiger partial charge in [0.2, 0.25) is 0 Å². The largest absolute Gasteiger partial charge is 0.376 e. The highest BCUT2D eigenvalue weighted by Crippen LogP contribution is 2.31. The standard InChI is InChI=1S/C43H46ClN5O5S2/c1-46(2)23-22-36(30-55-38-9-4-3-5-10-38)45-41-21-20-39(28-42(41)49(51)52)56(53,54)31-43(50)33-14-18-37(19-15-33)48-26-24-47(25-27-48)29-34-8-6-7-11-40(34)32-12-16-35(44)17-13-32/h3-21,28,36,45H,22-27,29-31H2,1-2H3/t36-/m1/s1. The Kier molecular flexibility index (Phi) is 13.8. The molecule has 6 rings (SSSR count). The number of Topliss-reactive ketones (excluding diaryl/α,β-unsaturated/α-hetero) is 1. The van der Waals surface area contributed by atoms with Crippen LogP contribution in [0.3, 0.4) is 0 Å². The predicted octanol–water partition coefficient (Wildman–Crippen LogP) is 8.42. The molecule has 1 saturated heterocycles. The number of benzene rings is 5. The summed E-state index contributed by atoms with van der Waals surface area (Å²) in [5, 5.41) is 16.2. The van der Waals surface area contributed by atoms with Gasteiger partial charge in [0.05, 0.1) is 9.82 Å². The number of nitro groups is 1. The molecular weight excluding hydrogens is 766 g/mol. The second-order valence-electron chi connectivity index (χ2n) is 14.1. The molecular formula is C43H46ClN5O5S2. The Hall–Kier alpha value is -4.72. The number of sulfone groups is 1. The first-order valence-electron chi connectivity index (χ1n) is 18.5. The number of nitrogens with zero attached hydrogens (tertiary/aromatic N) is 4. The fourth-order valence-electron chi connectivity index (χ4n) is 6.69. The van der Waals surface area contributed by atoms with Gasteiger partial charge in [0.1, 0.15) is 11.4 Å². The van der Waals surface area contributed by atoms with Crippen molar-refractivity contribution in [3.8, 4) is 11.1 Å². The number of nitro benzene ring substituents is 1. The van der Waals surface area contributed by atoms with E-state index in [1.165, 1.54) is 23.3 Å². The van der Waals surface area contributed by atoms with Crippen molar-refractivity contribution in [1.82, 2.24) is 9.80 Å². The molecule has 292 valence electrons. The van der Waals surface area contributed by atoms with Gasteiger partial charge in [-0.25, -0.2) is 8.42 Å². The summed E-state index contributed by atoms with van der Waals surface area (Å²) < 4.78 is 26.9. The van der Waals surface area contributed by atoms with Crippen molar-refractivity contribution in [3.05, 3.63) is 148 Å². The van der Waals surface area contributed by atoms with Gasteiger partial charge in [0.15, 0.2) is 15.6 Å². The lowest BCUT2D eigenvalue weighted by atomic mass is 9.99. The third-order valence-electron chi connectivity index (χ3n) is 9.82. The van der Waals surface area contributed by atoms with E-state index in [1.807, 2.05) is 91.8 Å². The van der Waals surface area contributed by atoms with Crippen LogP contribution in [0.1, 0.15) is 22.3 Å². The summed E-state index contributed by atoms with van der Waals surface area (Å²) in [6, 6.07) is 36.9. The molecule has 1 N–H and O–H groups in total. The van der Waals surface area contributed by atoms with Crippen molar-refractivity contribution in [2.75, 3.05) is 68.5 Å². The fourth-order valence-corrected chi connectivity index (χ4v) is 9.06. The van der Waals surface area contributed by atoms with E-state index < -0.39 is 26.3 Å². The fraction of sp³-hybridized carbons (Fsp3) is 0.279. The van der Waals surface area contributed by atoms with Crippen molar-refractivity contribution < 1.29 is 18.1 Å². The molecule has 10 nitrogen and oxygen atoms in total. The first-order chi connectivity index (χ1) is 26.9. The summed E-state index contributed by atoms with van der Waals surface area (Å²) in [6.07, 6.45) is 0.717. The Bertz CT molecular complexity index is 2210. The minimum absolute atomic E-state index is 0.125. The summed E-state index contributed by atoms with van der Waals surface area (Å²) >= 11 is 7.76. The van der Waals surface area contributed by atoms with E-state index in [9.17, 15) is 23.3 Å². The maximum atomic E-state index is 13.5. The zero-order chi connectivity index (χ0) is 39.7. The minimum atomic E-state index is -4.18. The normalized spacial score (nSPS) is 14.1. The lowest BCUT2D eigenvalue weighted by Crippen LogP contribution is -2.46. The molecule has 0 amide bonds. The molecule has 1 aliphatic heterocycles. The van der Waals surface area contributed by atoms with Gasteiger partial charge in [-0.05, 0) is 104 Å². The van der Waals surface area contributed by atoms with Gasteiger partial charge in [-0.2, -0.15) is 0 Å². The maximum absolute atomic E-state index is 13.5. The van der Waals surface area contributed by atoms with Crippen molar-refractivity contribution in [1.29, 1.82) is 0 Å². The van der Waals surface area contributed by atoms with Crippen LogP contribution in [-0.4, -0.2) is 93.3 Å². The number of carbonyl (C=O) groups excluding carboxylic acids is 1. The highest BCUT2D eigenvalue weighted by atomic mass is 35.5. The maximum Gasteiger partial charge on any atom is 0.293 e. The molecule has 0 radical (unpaired) electrons. The van der Waals surface area contributed by atoms with Crippen LogP contribution in [0.5, 0.6) is 0 Å².